The maximum absolute atomic E-state index is 11.0. The SMILES string of the molecule is CCC(C=C(C)C=CCC(C)=O)CCCC(=O)OC. The monoisotopic (exact) mass is 266 g/mol. The van der Waals surface area contributed by atoms with Gasteiger partial charge in [-0.15, -0.1) is 0 Å². The van der Waals surface area contributed by atoms with E-state index in [2.05, 4.69) is 17.7 Å². The first kappa shape index (κ1) is 17.6. The van der Waals surface area contributed by atoms with Crippen molar-refractivity contribution in [3.63, 3.8) is 0 Å². The lowest BCUT2D eigenvalue weighted by Crippen LogP contribution is -2.02. The van der Waals surface area contributed by atoms with Gasteiger partial charge in [0.15, 0.2) is 0 Å². The predicted octanol–water partition coefficient (Wildman–Crippen LogP) is 3.84. The summed E-state index contributed by atoms with van der Waals surface area (Å²) in [6.45, 7) is 5.77. The molecule has 0 spiro atoms. The number of esters is 1. The molecule has 1 atom stereocenters. The molecule has 0 saturated carbocycles. The molecule has 0 aliphatic carbocycles. The minimum Gasteiger partial charge on any atom is -0.469 e. The van der Waals surface area contributed by atoms with Crippen LogP contribution >= 0.6 is 0 Å². The van der Waals surface area contributed by atoms with E-state index in [1.54, 1.807) is 6.92 Å². The quantitative estimate of drug-likeness (QED) is 0.470. The highest BCUT2D eigenvalue weighted by Crippen LogP contribution is 2.17. The van der Waals surface area contributed by atoms with Crippen LogP contribution in [0.25, 0.3) is 0 Å². The average molecular weight is 266 g/mol. The van der Waals surface area contributed by atoms with E-state index in [4.69, 9.17) is 0 Å². The smallest absolute Gasteiger partial charge is 0.305 e. The molecule has 0 amide bonds. The normalized spacial score (nSPS) is 13.6. The fraction of sp³-hybridized carbons (Fsp3) is 0.625. The first-order valence-electron chi connectivity index (χ1n) is 6.90. The molecule has 0 aliphatic heterocycles. The summed E-state index contributed by atoms with van der Waals surface area (Å²) in [5.74, 6) is 0.512. The molecule has 0 bridgehead atoms. The van der Waals surface area contributed by atoms with Gasteiger partial charge in [0.05, 0.1) is 7.11 Å². The second kappa shape index (κ2) is 10.5. The zero-order valence-electron chi connectivity index (χ0n) is 12.6. The average Bonchev–Trinajstić information content (AvgIpc) is 2.36. The van der Waals surface area contributed by atoms with Crippen LogP contribution in [0.15, 0.2) is 23.8 Å². The first-order chi connectivity index (χ1) is 8.99. The molecule has 19 heavy (non-hydrogen) atoms. The fourth-order valence-corrected chi connectivity index (χ4v) is 1.85. The molecule has 0 aromatic heterocycles. The number of ketones is 1. The molecule has 3 heteroatoms. The molecule has 3 nitrogen and oxygen atoms in total. The summed E-state index contributed by atoms with van der Waals surface area (Å²) < 4.78 is 4.62. The number of carbonyl (C=O) groups is 2. The summed E-state index contributed by atoms with van der Waals surface area (Å²) in [6, 6.07) is 0. The van der Waals surface area contributed by atoms with Gasteiger partial charge < -0.3 is 4.74 Å². The maximum Gasteiger partial charge on any atom is 0.305 e. The Labute approximate surface area is 116 Å². The van der Waals surface area contributed by atoms with Crippen molar-refractivity contribution in [2.75, 3.05) is 7.11 Å². The van der Waals surface area contributed by atoms with Crippen LogP contribution in [0.1, 0.15) is 52.9 Å². The largest absolute Gasteiger partial charge is 0.469 e. The van der Waals surface area contributed by atoms with Crippen molar-refractivity contribution in [2.45, 2.75) is 52.9 Å². The Morgan fingerprint density at radius 2 is 1.95 bits per heavy atom. The second-order valence-corrected chi connectivity index (χ2v) is 4.86. The lowest BCUT2D eigenvalue weighted by atomic mass is 9.96. The number of carbonyl (C=O) groups excluding carboxylic acids is 2. The Morgan fingerprint density at radius 1 is 1.26 bits per heavy atom. The van der Waals surface area contributed by atoms with Crippen molar-refractivity contribution in [2.24, 2.45) is 5.92 Å². The number of hydrogen-bond acceptors (Lipinski definition) is 3. The Bertz CT molecular complexity index is 340. The van der Waals surface area contributed by atoms with Crippen molar-refractivity contribution in [3.8, 4) is 0 Å². The van der Waals surface area contributed by atoms with Gasteiger partial charge in [0.25, 0.3) is 0 Å². The summed E-state index contributed by atoms with van der Waals surface area (Å²) >= 11 is 0. The third-order valence-electron chi connectivity index (χ3n) is 2.99. The Balaban J connectivity index is 4.17. The van der Waals surface area contributed by atoms with E-state index in [0.29, 0.717) is 18.8 Å². The fourth-order valence-electron chi connectivity index (χ4n) is 1.85. The van der Waals surface area contributed by atoms with E-state index in [1.807, 2.05) is 19.1 Å². The Hall–Kier alpha value is -1.38. The molecule has 0 aromatic rings. The zero-order chi connectivity index (χ0) is 14.7. The summed E-state index contributed by atoms with van der Waals surface area (Å²) in [6.07, 6.45) is 9.98. The van der Waals surface area contributed by atoms with Crippen molar-refractivity contribution in [3.05, 3.63) is 23.8 Å². The number of allylic oxidation sites excluding steroid dienone is 4. The molecule has 1 unspecified atom stereocenters. The third kappa shape index (κ3) is 10.2. The van der Waals surface area contributed by atoms with E-state index >= 15 is 0 Å². The van der Waals surface area contributed by atoms with Gasteiger partial charge >= 0.3 is 5.97 Å². The molecular weight excluding hydrogens is 240 g/mol. The molecule has 0 aromatic carbocycles. The van der Waals surface area contributed by atoms with E-state index < -0.39 is 0 Å². The second-order valence-electron chi connectivity index (χ2n) is 4.86. The van der Waals surface area contributed by atoms with Gasteiger partial charge in [0.1, 0.15) is 5.78 Å². The van der Waals surface area contributed by atoms with Crippen molar-refractivity contribution in [1.82, 2.24) is 0 Å². The minimum absolute atomic E-state index is 0.142. The molecule has 0 rings (SSSR count). The number of rotatable bonds is 9. The Morgan fingerprint density at radius 3 is 2.47 bits per heavy atom. The summed E-state index contributed by atoms with van der Waals surface area (Å²) in [4.78, 5) is 21.9. The van der Waals surface area contributed by atoms with Crippen LogP contribution in [0.3, 0.4) is 0 Å². The van der Waals surface area contributed by atoms with Crippen LogP contribution in [0.4, 0.5) is 0 Å². The van der Waals surface area contributed by atoms with E-state index in [-0.39, 0.29) is 11.8 Å². The van der Waals surface area contributed by atoms with Crippen LogP contribution in [0, 0.1) is 5.92 Å². The molecule has 0 radical (unpaired) electrons. The van der Waals surface area contributed by atoms with Crippen molar-refractivity contribution < 1.29 is 14.3 Å². The molecule has 0 fully saturated rings. The highest BCUT2D eigenvalue weighted by Gasteiger charge is 2.05. The molecular formula is C16H26O3. The molecule has 0 aliphatic rings. The van der Waals surface area contributed by atoms with Crippen LogP contribution in [-0.2, 0) is 14.3 Å². The van der Waals surface area contributed by atoms with Gasteiger partial charge in [0, 0.05) is 12.8 Å². The highest BCUT2D eigenvalue weighted by molar-refractivity contribution is 5.77. The van der Waals surface area contributed by atoms with Gasteiger partial charge in [-0.3, -0.25) is 9.59 Å². The Kier molecular flexibility index (Phi) is 9.77. The topological polar surface area (TPSA) is 43.4 Å². The number of hydrogen-bond donors (Lipinski definition) is 0. The van der Waals surface area contributed by atoms with Crippen molar-refractivity contribution in [1.29, 1.82) is 0 Å². The lowest BCUT2D eigenvalue weighted by molar-refractivity contribution is -0.140. The van der Waals surface area contributed by atoms with Crippen LogP contribution < -0.4 is 0 Å². The number of ether oxygens (including phenoxy) is 1. The van der Waals surface area contributed by atoms with Gasteiger partial charge in [0.2, 0.25) is 0 Å². The molecule has 0 saturated heterocycles. The first-order valence-corrected chi connectivity index (χ1v) is 6.90. The number of Topliss-reactive ketones (excluding diaryl/α,β-unsaturated/α-hetero) is 1. The van der Waals surface area contributed by atoms with Gasteiger partial charge in [-0.25, -0.2) is 0 Å². The maximum atomic E-state index is 11.0. The molecule has 108 valence electrons. The molecule has 0 heterocycles. The summed E-state index contributed by atoms with van der Waals surface area (Å²) in [7, 11) is 1.42. The van der Waals surface area contributed by atoms with E-state index in [1.165, 1.54) is 12.7 Å². The standard InChI is InChI=1S/C16H26O3/c1-5-15(10-7-11-16(18)19-4)12-13(2)8-6-9-14(3)17/h6,8,12,15H,5,7,9-11H2,1-4H3. The van der Waals surface area contributed by atoms with E-state index in [0.717, 1.165) is 19.3 Å². The van der Waals surface area contributed by atoms with Gasteiger partial charge in [-0.1, -0.05) is 30.7 Å². The number of methoxy groups -OCH3 is 1. The molecule has 0 N–H and O–H groups in total. The van der Waals surface area contributed by atoms with Crippen molar-refractivity contribution >= 4 is 11.8 Å². The summed E-state index contributed by atoms with van der Waals surface area (Å²) in [5, 5.41) is 0. The minimum atomic E-state index is -0.142. The zero-order valence-corrected chi connectivity index (χ0v) is 12.6. The summed E-state index contributed by atoms with van der Waals surface area (Å²) in [5.41, 5.74) is 1.17. The van der Waals surface area contributed by atoms with Crippen LogP contribution in [-0.4, -0.2) is 18.9 Å². The predicted molar refractivity (Wildman–Crippen MR) is 77.8 cm³/mol. The third-order valence-corrected chi connectivity index (χ3v) is 2.99. The van der Waals surface area contributed by atoms with Crippen LogP contribution in [0.2, 0.25) is 0 Å². The van der Waals surface area contributed by atoms with Crippen LogP contribution in [0.5, 0.6) is 0 Å². The van der Waals surface area contributed by atoms with Gasteiger partial charge in [-0.2, -0.15) is 0 Å². The highest BCUT2D eigenvalue weighted by atomic mass is 16.5. The lowest BCUT2D eigenvalue weighted by Gasteiger charge is -2.10. The van der Waals surface area contributed by atoms with Gasteiger partial charge in [-0.05, 0) is 39.0 Å². The van der Waals surface area contributed by atoms with E-state index in [9.17, 15) is 9.59 Å².